The van der Waals surface area contributed by atoms with Gasteiger partial charge in [-0.2, -0.15) is 0 Å². The largest absolute Gasteiger partial charge is 0.478 e. The lowest BCUT2D eigenvalue weighted by molar-refractivity contribution is -0.131. The number of carboxylic acids is 1. The molecule has 0 aliphatic heterocycles. The molecule has 1 aliphatic carbocycles. The SMILES string of the molecule is CCN(c1ccc(C)cc1/C=C/C(=O)O)C1CCCC1. The Kier molecular flexibility index (Phi) is 4.83. The molecule has 1 saturated carbocycles. The van der Waals surface area contributed by atoms with E-state index >= 15 is 0 Å². The van der Waals surface area contributed by atoms with Crippen molar-refractivity contribution < 1.29 is 9.90 Å². The van der Waals surface area contributed by atoms with E-state index in [2.05, 4.69) is 30.0 Å². The van der Waals surface area contributed by atoms with E-state index in [1.54, 1.807) is 6.08 Å². The van der Waals surface area contributed by atoms with Crippen molar-refractivity contribution in [1.82, 2.24) is 0 Å². The number of anilines is 1. The van der Waals surface area contributed by atoms with Gasteiger partial charge in [0.15, 0.2) is 0 Å². The van der Waals surface area contributed by atoms with Crippen LogP contribution in [-0.4, -0.2) is 23.7 Å². The zero-order chi connectivity index (χ0) is 14.5. The van der Waals surface area contributed by atoms with Crippen LogP contribution in [0.2, 0.25) is 0 Å². The van der Waals surface area contributed by atoms with Gasteiger partial charge in [-0.1, -0.05) is 24.5 Å². The average Bonchev–Trinajstić information content (AvgIpc) is 2.93. The minimum Gasteiger partial charge on any atom is -0.478 e. The molecule has 0 aromatic heterocycles. The van der Waals surface area contributed by atoms with Gasteiger partial charge in [-0.3, -0.25) is 0 Å². The summed E-state index contributed by atoms with van der Waals surface area (Å²) in [6.45, 7) is 5.16. The molecule has 1 fully saturated rings. The van der Waals surface area contributed by atoms with E-state index in [1.165, 1.54) is 31.8 Å². The van der Waals surface area contributed by atoms with Crippen LogP contribution in [0, 0.1) is 6.92 Å². The van der Waals surface area contributed by atoms with Gasteiger partial charge in [-0.15, -0.1) is 0 Å². The van der Waals surface area contributed by atoms with Gasteiger partial charge in [0, 0.05) is 24.4 Å². The molecule has 108 valence electrons. The van der Waals surface area contributed by atoms with Crippen molar-refractivity contribution in [2.75, 3.05) is 11.4 Å². The molecule has 0 saturated heterocycles. The van der Waals surface area contributed by atoms with E-state index in [-0.39, 0.29) is 0 Å². The molecule has 3 nitrogen and oxygen atoms in total. The molecule has 0 heterocycles. The predicted octanol–water partition coefficient (Wildman–Crippen LogP) is 3.86. The van der Waals surface area contributed by atoms with E-state index in [0.29, 0.717) is 6.04 Å². The molecule has 0 bridgehead atoms. The number of carbonyl (C=O) groups is 1. The number of aryl methyl sites for hydroxylation is 1. The highest BCUT2D eigenvalue weighted by Crippen LogP contribution is 2.31. The number of nitrogens with zero attached hydrogens (tertiary/aromatic N) is 1. The van der Waals surface area contributed by atoms with Crippen molar-refractivity contribution in [3.05, 3.63) is 35.4 Å². The maximum Gasteiger partial charge on any atom is 0.328 e. The normalized spacial score (nSPS) is 15.9. The molecule has 1 N–H and O–H groups in total. The summed E-state index contributed by atoms with van der Waals surface area (Å²) in [6, 6.07) is 6.88. The second kappa shape index (κ2) is 6.60. The molecule has 0 spiro atoms. The van der Waals surface area contributed by atoms with Crippen molar-refractivity contribution in [3.63, 3.8) is 0 Å². The first kappa shape index (κ1) is 14.6. The third-order valence-electron chi connectivity index (χ3n) is 4.00. The predicted molar refractivity (Wildman–Crippen MR) is 83.1 cm³/mol. The fourth-order valence-corrected chi connectivity index (χ4v) is 3.07. The summed E-state index contributed by atoms with van der Waals surface area (Å²) in [5, 5.41) is 8.84. The Hall–Kier alpha value is -1.77. The second-order valence-electron chi connectivity index (χ2n) is 5.46. The minimum absolute atomic E-state index is 0.597. The lowest BCUT2D eigenvalue weighted by atomic mass is 10.1. The second-order valence-corrected chi connectivity index (χ2v) is 5.46. The summed E-state index contributed by atoms with van der Waals surface area (Å²) in [6.07, 6.45) is 8.01. The highest BCUT2D eigenvalue weighted by molar-refractivity contribution is 5.87. The Morgan fingerprint density at radius 1 is 1.40 bits per heavy atom. The first-order chi connectivity index (χ1) is 9.61. The van der Waals surface area contributed by atoms with E-state index in [1.807, 2.05) is 6.92 Å². The van der Waals surface area contributed by atoms with E-state index < -0.39 is 5.97 Å². The molecule has 0 amide bonds. The fraction of sp³-hybridized carbons (Fsp3) is 0.471. The first-order valence-electron chi connectivity index (χ1n) is 7.40. The van der Waals surface area contributed by atoms with Crippen LogP contribution < -0.4 is 4.90 Å². The molecular formula is C17H23NO2. The first-order valence-corrected chi connectivity index (χ1v) is 7.40. The standard InChI is InChI=1S/C17H23NO2/c1-3-18(15-6-4-5-7-15)16-10-8-13(2)12-14(16)9-11-17(19)20/h8-12,15H,3-7H2,1-2H3,(H,19,20)/b11-9+. The highest BCUT2D eigenvalue weighted by Gasteiger charge is 2.22. The van der Waals surface area contributed by atoms with Crippen LogP contribution in [-0.2, 0) is 4.79 Å². The van der Waals surface area contributed by atoms with Crippen molar-refractivity contribution >= 4 is 17.7 Å². The molecule has 1 aliphatic rings. The number of aliphatic carboxylic acids is 1. The lowest BCUT2D eigenvalue weighted by Crippen LogP contribution is -2.33. The van der Waals surface area contributed by atoms with E-state index in [0.717, 1.165) is 23.4 Å². The Balaban J connectivity index is 2.35. The molecular weight excluding hydrogens is 250 g/mol. The summed E-state index contributed by atoms with van der Waals surface area (Å²) < 4.78 is 0. The highest BCUT2D eigenvalue weighted by atomic mass is 16.4. The third-order valence-corrected chi connectivity index (χ3v) is 4.00. The zero-order valence-electron chi connectivity index (χ0n) is 12.3. The van der Waals surface area contributed by atoms with E-state index in [4.69, 9.17) is 5.11 Å². The Labute approximate surface area is 120 Å². The maximum absolute atomic E-state index is 10.8. The van der Waals surface area contributed by atoms with Crippen LogP contribution in [0.25, 0.3) is 6.08 Å². The number of hydrogen-bond donors (Lipinski definition) is 1. The molecule has 2 rings (SSSR count). The van der Waals surface area contributed by atoms with Gasteiger partial charge in [0.2, 0.25) is 0 Å². The minimum atomic E-state index is -0.902. The van der Waals surface area contributed by atoms with Crippen molar-refractivity contribution in [2.24, 2.45) is 0 Å². The number of hydrogen-bond acceptors (Lipinski definition) is 2. The Morgan fingerprint density at radius 3 is 2.70 bits per heavy atom. The number of carboxylic acid groups (broad SMARTS) is 1. The van der Waals surface area contributed by atoms with Gasteiger partial charge in [-0.05, 0) is 50.5 Å². The zero-order valence-corrected chi connectivity index (χ0v) is 12.3. The molecule has 0 atom stereocenters. The van der Waals surface area contributed by atoms with Gasteiger partial charge >= 0.3 is 5.97 Å². The van der Waals surface area contributed by atoms with Crippen molar-refractivity contribution in [3.8, 4) is 0 Å². The van der Waals surface area contributed by atoms with Crippen LogP contribution in [0.4, 0.5) is 5.69 Å². The molecule has 0 unspecified atom stereocenters. The van der Waals surface area contributed by atoms with Crippen LogP contribution in [0.5, 0.6) is 0 Å². The van der Waals surface area contributed by atoms with Gasteiger partial charge in [0.25, 0.3) is 0 Å². The third kappa shape index (κ3) is 3.41. The van der Waals surface area contributed by atoms with Crippen molar-refractivity contribution in [1.29, 1.82) is 0 Å². The summed E-state index contributed by atoms with van der Waals surface area (Å²) in [4.78, 5) is 13.2. The van der Waals surface area contributed by atoms with Crippen molar-refractivity contribution in [2.45, 2.75) is 45.6 Å². The number of rotatable bonds is 5. The van der Waals surface area contributed by atoms with Crippen LogP contribution in [0.1, 0.15) is 43.7 Å². The molecule has 1 aromatic rings. The summed E-state index contributed by atoms with van der Waals surface area (Å²) in [7, 11) is 0. The smallest absolute Gasteiger partial charge is 0.328 e. The summed E-state index contributed by atoms with van der Waals surface area (Å²) in [5.74, 6) is -0.902. The molecule has 0 radical (unpaired) electrons. The fourth-order valence-electron chi connectivity index (χ4n) is 3.07. The molecule has 3 heteroatoms. The summed E-state index contributed by atoms with van der Waals surface area (Å²) in [5.41, 5.74) is 3.31. The van der Waals surface area contributed by atoms with Gasteiger partial charge in [0.1, 0.15) is 0 Å². The quantitative estimate of drug-likeness (QED) is 0.828. The van der Waals surface area contributed by atoms with Crippen LogP contribution in [0.3, 0.4) is 0 Å². The van der Waals surface area contributed by atoms with Crippen LogP contribution >= 0.6 is 0 Å². The average molecular weight is 273 g/mol. The van der Waals surface area contributed by atoms with Crippen LogP contribution in [0.15, 0.2) is 24.3 Å². The van der Waals surface area contributed by atoms with Gasteiger partial charge in [-0.25, -0.2) is 4.79 Å². The van der Waals surface area contributed by atoms with Gasteiger partial charge < -0.3 is 10.0 Å². The lowest BCUT2D eigenvalue weighted by Gasteiger charge is -2.31. The Morgan fingerprint density at radius 2 is 2.10 bits per heavy atom. The number of benzene rings is 1. The molecule has 1 aromatic carbocycles. The topological polar surface area (TPSA) is 40.5 Å². The van der Waals surface area contributed by atoms with E-state index in [9.17, 15) is 4.79 Å². The monoisotopic (exact) mass is 273 g/mol. The van der Waals surface area contributed by atoms with Gasteiger partial charge in [0.05, 0.1) is 0 Å². The molecule has 20 heavy (non-hydrogen) atoms. The maximum atomic E-state index is 10.8. The summed E-state index contributed by atoms with van der Waals surface area (Å²) >= 11 is 0. The Bertz CT molecular complexity index is 502.